The van der Waals surface area contributed by atoms with Gasteiger partial charge in [-0.3, -0.25) is 20.2 Å². The minimum absolute atomic E-state index is 0.0619. The molecule has 1 aliphatic heterocycles. The van der Waals surface area contributed by atoms with E-state index in [1.54, 1.807) is 30.3 Å². The van der Waals surface area contributed by atoms with Gasteiger partial charge < -0.3 is 15.2 Å². The molecule has 0 unspecified atom stereocenters. The van der Waals surface area contributed by atoms with Crippen LogP contribution in [0.5, 0.6) is 5.75 Å². The standard InChI is InChI=1S/C32H30Cl3N3O4S/c33-22-8-6-21(7-9-22)26-27(42-17-16-39)29(43-28(26)24-11-10-23(34)18-25(24)35)30(40)38-31(41)32(12-14-36-15-13-32)37-19-20-4-2-1-3-5-20/h1-11,18,36-37,39H,12-17,19H2,(H,38,40,41). The zero-order valence-electron chi connectivity index (χ0n) is 23.1. The molecule has 224 valence electrons. The van der Waals surface area contributed by atoms with Gasteiger partial charge >= 0.3 is 0 Å². The van der Waals surface area contributed by atoms with Crippen LogP contribution < -0.4 is 20.7 Å². The molecule has 4 N–H and O–H groups in total. The molecule has 3 aromatic carbocycles. The van der Waals surface area contributed by atoms with E-state index in [9.17, 15) is 14.7 Å². The first-order valence-corrected chi connectivity index (χ1v) is 15.7. The highest BCUT2D eigenvalue weighted by atomic mass is 35.5. The Morgan fingerprint density at radius 3 is 2.33 bits per heavy atom. The van der Waals surface area contributed by atoms with Crippen LogP contribution in [0.3, 0.4) is 0 Å². The molecule has 0 radical (unpaired) electrons. The molecule has 1 saturated heterocycles. The van der Waals surface area contributed by atoms with Gasteiger partial charge in [-0.25, -0.2) is 0 Å². The molecule has 1 aliphatic rings. The predicted octanol–water partition coefficient (Wildman–Crippen LogP) is 6.58. The van der Waals surface area contributed by atoms with Gasteiger partial charge in [0.1, 0.15) is 17.0 Å². The first-order chi connectivity index (χ1) is 20.8. The van der Waals surface area contributed by atoms with Gasteiger partial charge in [-0.1, -0.05) is 83.3 Å². The number of hydrogen-bond acceptors (Lipinski definition) is 7. The second-order valence-electron chi connectivity index (χ2n) is 10.1. The van der Waals surface area contributed by atoms with E-state index in [0.717, 1.165) is 22.5 Å². The lowest BCUT2D eigenvalue weighted by Gasteiger charge is -2.37. The van der Waals surface area contributed by atoms with E-state index in [1.165, 1.54) is 0 Å². The Labute approximate surface area is 269 Å². The van der Waals surface area contributed by atoms with Crippen LogP contribution in [0.2, 0.25) is 15.1 Å². The summed E-state index contributed by atoms with van der Waals surface area (Å²) in [6.07, 6.45) is 1.03. The summed E-state index contributed by atoms with van der Waals surface area (Å²) in [5.74, 6) is -0.770. The van der Waals surface area contributed by atoms with Crippen LogP contribution in [-0.2, 0) is 11.3 Å². The number of nitrogens with one attached hydrogen (secondary N) is 3. The summed E-state index contributed by atoms with van der Waals surface area (Å²) in [6.45, 7) is 1.41. The molecule has 0 atom stereocenters. The summed E-state index contributed by atoms with van der Waals surface area (Å²) in [6, 6.07) is 22.0. The van der Waals surface area contributed by atoms with Crippen LogP contribution >= 0.6 is 46.1 Å². The Balaban J connectivity index is 1.54. The molecule has 11 heteroatoms. The summed E-state index contributed by atoms with van der Waals surface area (Å²) < 4.78 is 6.01. The van der Waals surface area contributed by atoms with Crippen molar-refractivity contribution in [3.8, 4) is 27.3 Å². The highest BCUT2D eigenvalue weighted by Crippen LogP contribution is 2.50. The van der Waals surface area contributed by atoms with E-state index < -0.39 is 17.4 Å². The molecule has 5 rings (SSSR count). The van der Waals surface area contributed by atoms with Crippen molar-refractivity contribution in [3.63, 3.8) is 0 Å². The van der Waals surface area contributed by atoms with E-state index in [1.807, 2.05) is 42.5 Å². The Morgan fingerprint density at radius 1 is 0.953 bits per heavy atom. The van der Waals surface area contributed by atoms with E-state index in [0.29, 0.717) is 63.5 Å². The normalized spacial score (nSPS) is 14.3. The third kappa shape index (κ3) is 7.24. The number of hydrogen-bond donors (Lipinski definition) is 4. The minimum atomic E-state index is -0.943. The Hall–Kier alpha value is -2.95. The monoisotopic (exact) mass is 657 g/mol. The lowest BCUT2D eigenvalue weighted by atomic mass is 9.87. The number of carbonyl (C=O) groups excluding carboxylic acids is 2. The third-order valence-corrected chi connectivity index (χ3v) is 9.31. The number of rotatable bonds is 10. The quantitative estimate of drug-likeness (QED) is 0.144. The Kier molecular flexibility index (Phi) is 10.4. The van der Waals surface area contributed by atoms with E-state index in [4.69, 9.17) is 39.5 Å². The van der Waals surface area contributed by atoms with Gasteiger partial charge in [-0.2, -0.15) is 0 Å². The van der Waals surface area contributed by atoms with Crippen molar-refractivity contribution >= 4 is 58.0 Å². The molecule has 0 bridgehead atoms. The van der Waals surface area contributed by atoms with Crippen LogP contribution in [-0.4, -0.2) is 48.8 Å². The van der Waals surface area contributed by atoms with Gasteiger partial charge in [-0.15, -0.1) is 11.3 Å². The fraction of sp³-hybridized carbons (Fsp3) is 0.250. The lowest BCUT2D eigenvalue weighted by Crippen LogP contribution is -2.61. The molecule has 43 heavy (non-hydrogen) atoms. The topological polar surface area (TPSA) is 99.7 Å². The van der Waals surface area contributed by atoms with Crippen molar-refractivity contribution in [2.24, 2.45) is 0 Å². The van der Waals surface area contributed by atoms with Crippen LogP contribution in [0.25, 0.3) is 21.6 Å². The van der Waals surface area contributed by atoms with Crippen molar-refractivity contribution in [3.05, 3.63) is 98.3 Å². The maximum absolute atomic E-state index is 13.9. The highest BCUT2D eigenvalue weighted by Gasteiger charge is 2.40. The summed E-state index contributed by atoms with van der Waals surface area (Å²) in [5.41, 5.74) is 2.05. The van der Waals surface area contributed by atoms with Crippen molar-refractivity contribution in [2.75, 3.05) is 26.3 Å². The summed E-state index contributed by atoms with van der Waals surface area (Å²) in [4.78, 5) is 28.6. The number of halogens is 3. The number of imide groups is 1. The Bertz CT molecular complexity index is 1590. The van der Waals surface area contributed by atoms with E-state index >= 15 is 0 Å². The molecule has 4 aromatic rings. The minimum Gasteiger partial charge on any atom is -0.489 e. The molecule has 0 aliphatic carbocycles. The second-order valence-corrected chi connectivity index (χ2v) is 12.4. The zero-order chi connectivity index (χ0) is 30.4. The molecular weight excluding hydrogens is 629 g/mol. The second kappa shape index (κ2) is 14.2. The summed E-state index contributed by atoms with van der Waals surface area (Å²) in [7, 11) is 0. The molecule has 1 fully saturated rings. The molecule has 2 heterocycles. The molecule has 0 saturated carbocycles. The summed E-state index contributed by atoms with van der Waals surface area (Å²) in [5, 5.41) is 20.4. The smallest absolute Gasteiger partial charge is 0.271 e. The van der Waals surface area contributed by atoms with Crippen molar-refractivity contribution in [2.45, 2.75) is 24.9 Å². The zero-order valence-corrected chi connectivity index (χ0v) is 26.2. The fourth-order valence-corrected chi connectivity index (χ4v) is 6.96. The average molecular weight is 659 g/mol. The van der Waals surface area contributed by atoms with Crippen LogP contribution in [0.15, 0.2) is 72.8 Å². The van der Waals surface area contributed by atoms with Crippen LogP contribution in [0, 0.1) is 0 Å². The van der Waals surface area contributed by atoms with Gasteiger partial charge in [0.15, 0.2) is 5.75 Å². The molecule has 7 nitrogen and oxygen atoms in total. The molecule has 2 amide bonds. The molecular formula is C32H30Cl3N3O4S. The van der Waals surface area contributed by atoms with Gasteiger partial charge in [0, 0.05) is 32.6 Å². The number of piperidine rings is 1. The number of benzene rings is 3. The average Bonchev–Trinajstić information content (AvgIpc) is 3.39. The van der Waals surface area contributed by atoms with Crippen LogP contribution in [0.1, 0.15) is 28.1 Å². The first kappa shape index (κ1) is 31.5. The maximum atomic E-state index is 13.9. The molecule has 1 aromatic heterocycles. The molecule has 0 spiro atoms. The fourth-order valence-electron chi connectivity index (χ4n) is 5.08. The number of amides is 2. The van der Waals surface area contributed by atoms with Crippen molar-refractivity contribution < 1.29 is 19.4 Å². The van der Waals surface area contributed by atoms with Crippen molar-refractivity contribution in [1.82, 2.24) is 16.0 Å². The largest absolute Gasteiger partial charge is 0.489 e. The number of aliphatic hydroxyl groups excluding tert-OH is 1. The number of aliphatic hydroxyl groups is 1. The SMILES string of the molecule is O=C(NC(=O)C1(NCc2ccccc2)CCNCC1)c1sc(-c2ccc(Cl)cc2Cl)c(-c2ccc(Cl)cc2)c1OCCO. The first-order valence-electron chi connectivity index (χ1n) is 13.8. The number of ether oxygens (including phenoxy) is 1. The predicted molar refractivity (Wildman–Crippen MR) is 173 cm³/mol. The van der Waals surface area contributed by atoms with Crippen molar-refractivity contribution in [1.29, 1.82) is 0 Å². The third-order valence-electron chi connectivity index (χ3n) is 7.31. The van der Waals surface area contributed by atoms with E-state index in [-0.39, 0.29) is 23.8 Å². The number of carbonyl (C=O) groups is 2. The van der Waals surface area contributed by atoms with Gasteiger partial charge in [0.25, 0.3) is 5.91 Å². The van der Waals surface area contributed by atoms with Gasteiger partial charge in [0.05, 0.1) is 11.6 Å². The van der Waals surface area contributed by atoms with Gasteiger partial charge in [0.2, 0.25) is 5.91 Å². The lowest BCUT2D eigenvalue weighted by molar-refractivity contribution is -0.127. The number of thiophene rings is 1. The Morgan fingerprint density at radius 2 is 1.65 bits per heavy atom. The maximum Gasteiger partial charge on any atom is 0.271 e. The van der Waals surface area contributed by atoms with Gasteiger partial charge in [-0.05, 0) is 61.3 Å². The van der Waals surface area contributed by atoms with Crippen LogP contribution in [0.4, 0.5) is 0 Å². The van der Waals surface area contributed by atoms with E-state index in [2.05, 4.69) is 16.0 Å². The highest BCUT2D eigenvalue weighted by molar-refractivity contribution is 7.18. The summed E-state index contributed by atoms with van der Waals surface area (Å²) >= 11 is 20.1.